The number of nitrogens with zero attached hydrogens (tertiary/aromatic N) is 1. The molecule has 0 unspecified atom stereocenters. The van der Waals surface area contributed by atoms with Crippen molar-refractivity contribution in [2.24, 2.45) is 0 Å². The van der Waals surface area contributed by atoms with Crippen LogP contribution >= 0.6 is 0 Å². The number of hydrogen-bond acceptors (Lipinski definition) is 2. The molecule has 11 heavy (non-hydrogen) atoms. The topological polar surface area (TPSA) is 44.0 Å². The molecule has 0 aromatic heterocycles. The van der Waals surface area contributed by atoms with Gasteiger partial charge in [-0.3, -0.25) is 0 Å². The van der Waals surface area contributed by atoms with Crippen molar-refractivity contribution in [3.8, 4) is 6.07 Å². The quantitative estimate of drug-likeness (QED) is 0.839. The molecule has 0 heterocycles. The molecular formula is C8H7IrNO. The molecule has 0 saturated heterocycles. The Morgan fingerprint density at radius 1 is 1.45 bits per heavy atom. The van der Waals surface area contributed by atoms with E-state index in [9.17, 15) is 0 Å². The van der Waals surface area contributed by atoms with Crippen molar-refractivity contribution < 1.29 is 25.2 Å². The van der Waals surface area contributed by atoms with E-state index in [0.29, 0.717) is 5.56 Å². The smallest absolute Gasteiger partial charge is 0.0991 e. The van der Waals surface area contributed by atoms with Gasteiger partial charge in [-0.1, -0.05) is 12.1 Å². The number of benzene rings is 1. The first-order chi connectivity index (χ1) is 4.86. The van der Waals surface area contributed by atoms with Crippen LogP contribution in [0.1, 0.15) is 11.1 Å². The third kappa shape index (κ3) is 2.81. The summed E-state index contributed by atoms with van der Waals surface area (Å²) in [5.74, 6) is 0. The molecule has 0 aliphatic carbocycles. The monoisotopic (exact) mass is 326 g/mol. The Hall–Kier alpha value is -0.681. The molecule has 2 nitrogen and oxygen atoms in total. The maximum absolute atomic E-state index is 8.65. The second-order valence-corrected chi connectivity index (χ2v) is 1.97. The van der Waals surface area contributed by atoms with Gasteiger partial charge in [0.25, 0.3) is 0 Å². The summed E-state index contributed by atoms with van der Waals surface area (Å²) in [6.07, 6.45) is 0. The van der Waals surface area contributed by atoms with Gasteiger partial charge in [0.1, 0.15) is 0 Å². The van der Waals surface area contributed by atoms with Gasteiger partial charge in [-0.25, -0.2) is 0 Å². The Labute approximate surface area is 78.8 Å². The molecule has 1 N–H and O–H groups in total. The Bertz CT molecular complexity index is 267. The van der Waals surface area contributed by atoms with Crippen LogP contribution in [0.2, 0.25) is 0 Å². The van der Waals surface area contributed by atoms with E-state index in [1.807, 2.05) is 6.07 Å². The molecule has 1 aromatic carbocycles. The van der Waals surface area contributed by atoms with E-state index in [0.717, 1.165) is 5.56 Å². The molecule has 0 amide bonds. The van der Waals surface area contributed by atoms with Crippen LogP contribution in [0.4, 0.5) is 0 Å². The maximum atomic E-state index is 8.65. The molecule has 0 aliphatic heterocycles. The summed E-state index contributed by atoms with van der Waals surface area (Å²) >= 11 is 0. The van der Waals surface area contributed by atoms with Crippen molar-refractivity contribution in [2.75, 3.05) is 0 Å². The molecule has 1 rings (SSSR count). The van der Waals surface area contributed by atoms with E-state index in [2.05, 4.69) is 0 Å². The minimum absolute atomic E-state index is 0. The van der Waals surface area contributed by atoms with Crippen LogP contribution in [-0.2, 0) is 26.7 Å². The second kappa shape index (κ2) is 5.03. The molecule has 1 aromatic rings. The Balaban J connectivity index is 0.000001000. The van der Waals surface area contributed by atoms with Gasteiger partial charge in [0, 0.05) is 20.1 Å². The summed E-state index contributed by atoms with van der Waals surface area (Å²) in [7, 11) is 0. The Morgan fingerprint density at radius 2 is 2.18 bits per heavy atom. The van der Waals surface area contributed by atoms with Crippen LogP contribution in [0, 0.1) is 11.3 Å². The molecule has 0 fully saturated rings. The van der Waals surface area contributed by atoms with Gasteiger partial charge in [0.05, 0.1) is 18.2 Å². The van der Waals surface area contributed by atoms with E-state index in [-0.39, 0.29) is 26.7 Å². The number of hydrogen-bond donors (Lipinski definition) is 1. The van der Waals surface area contributed by atoms with Crippen LogP contribution in [-0.4, -0.2) is 5.11 Å². The molecule has 0 saturated carbocycles. The van der Waals surface area contributed by atoms with E-state index < -0.39 is 0 Å². The van der Waals surface area contributed by atoms with Gasteiger partial charge in [0.2, 0.25) is 0 Å². The van der Waals surface area contributed by atoms with E-state index in [4.69, 9.17) is 10.4 Å². The number of nitriles is 1. The number of aliphatic hydroxyl groups is 1. The third-order valence-electron chi connectivity index (χ3n) is 1.24. The van der Waals surface area contributed by atoms with Gasteiger partial charge < -0.3 is 5.11 Å². The van der Waals surface area contributed by atoms with Gasteiger partial charge >= 0.3 is 0 Å². The first kappa shape index (κ1) is 10.3. The molecule has 0 atom stereocenters. The van der Waals surface area contributed by atoms with Crippen LogP contribution in [0.25, 0.3) is 0 Å². The van der Waals surface area contributed by atoms with Crippen LogP contribution in [0.15, 0.2) is 24.3 Å². The second-order valence-electron chi connectivity index (χ2n) is 1.97. The predicted molar refractivity (Wildman–Crippen MR) is 37.1 cm³/mol. The van der Waals surface area contributed by atoms with E-state index >= 15 is 0 Å². The zero-order valence-corrected chi connectivity index (χ0v) is 8.14. The minimum atomic E-state index is -0.00444. The van der Waals surface area contributed by atoms with Crippen LogP contribution < -0.4 is 0 Å². The fourth-order valence-electron chi connectivity index (χ4n) is 0.739. The van der Waals surface area contributed by atoms with Crippen molar-refractivity contribution in [1.29, 1.82) is 5.26 Å². The number of aliphatic hydroxyl groups excluding tert-OH is 1. The van der Waals surface area contributed by atoms with Gasteiger partial charge in [0.15, 0.2) is 0 Å². The average Bonchev–Trinajstić information content (AvgIpc) is 2.05. The predicted octanol–water partition coefficient (Wildman–Crippen LogP) is 1.05. The van der Waals surface area contributed by atoms with Crippen LogP contribution in [0.5, 0.6) is 0 Å². The SMILES string of the molecule is N#Cc1cccc(CO)c1.[Ir]. The van der Waals surface area contributed by atoms with E-state index in [1.165, 1.54) is 0 Å². The zero-order chi connectivity index (χ0) is 7.40. The largest absolute Gasteiger partial charge is 0.392 e. The van der Waals surface area contributed by atoms with Crippen molar-refractivity contribution in [2.45, 2.75) is 6.61 Å². The molecule has 3 heteroatoms. The van der Waals surface area contributed by atoms with Crippen molar-refractivity contribution in [3.63, 3.8) is 0 Å². The summed E-state index contributed by atoms with van der Waals surface area (Å²) in [5.41, 5.74) is 1.37. The minimum Gasteiger partial charge on any atom is -0.392 e. The molecule has 1 radical (unpaired) electrons. The average molecular weight is 325 g/mol. The van der Waals surface area contributed by atoms with Gasteiger partial charge in [-0.15, -0.1) is 0 Å². The first-order valence-corrected chi connectivity index (χ1v) is 2.96. The van der Waals surface area contributed by atoms with Crippen molar-refractivity contribution in [3.05, 3.63) is 35.4 Å². The molecule has 0 aliphatic rings. The fraction of sp³-hybridized carbons (Fsp3) is 0.125. The molecule has 59 valence electrons. The number of rotatable bonds is 1. The summed E-state index contributed by atoms with van der Waals surface area (Å²) in [6.45, 7) is -0.00444. The molecule has 0 bridgehead atoms. The van der Waals surface area contributed by atoms with Crippen molar-refractivity contribution >= 4 is 0 Å². The Kier molecular flexibility index (Phi) is 4.72. The molecular weight excluding hydrogens is 318 g/mol. The zero-order valence-electron chi connectivity index (χ0n) is 5.74. The first-order valence-electron chi connectivity index (χ1n) is 2.96. The summed E-state index contributed by atoms with van der Waals surface area (Å²) in [6, 6.07) is 8.90. The summed E-state index contributed by atoms with van der Waals surface area (Å²) in [5, 5.41) is 17.1. The van der Waals surface area contributed by atoms with Crippen molar-refractivity contribution in [1.82, 2.24) is 0 Å². The standard InChI is InChI=1S/C8H7NO.Ir/c9-5-7-2-1-3-8(4-7)6-10;/h1-4,10H,6H2;. The third-order valence-corrected chi connectivity index (χ3v) is 1.24. The van der Waals surface area contributed by atoms with Crippen LogP contribution in [0.3, 0.4) is 0 Å². The maximum Gasteiger partial charge on any atom is 0.0991 e. The van der Waals surface area contributed by atoms with Gasteiger partial charge in [-0.2, -0.15) is 5.26 Å². The normalized spacial score (nSPS) is 8.00. The van der Waals surface area contributed by atoms with E-state index in [1.54, 1.807) is 24.3 Å². The summed E-state index contributed by atoms with van der Waals surface area (Å²) < 4.78 is 0. The fourth-order valence-corrected chi connectivity index (χ4v) is 0.739. The summed E-state index contributed by atoms with van der Waals surface area (Å²) in [4.78, 5) is 0. The Morgan fingerprint density at radius 3 is 2.73 bits per heavy atom. The molecule has 0 spiro atoms. The van der Waals surface area contributed by atoms with Gasteiger partial charge in [-0.05, 0) is 17.7 Å².